The highest BCUT2D eigenvalue weighted by Gasteiger charge is 2.32. The SMILES string of the molecule is CC(C)C(=O)NCCc1ccc(/C(C(N)=O)=C2/CC(C(=O)O)Nc3cc(Cl)cc(Cl)c32)cc1. The third-order valence-corrected chi connectivity index (χ3v) is 5.94. The van der Waals surface area contributed by atoms with Gasteiger partial charge in [0.1, 0.15) is 6.04 Å². The molecular weight excluding hydrogens is 465 g/mol. The molecule has 5 N–H and O–H groups in total. The topological polar surface area (TPSA) is 122 Å². The number of nitrogens with one attached hydrogen (secondary N) is 2. The molecule has 0 saturated heterocycles. The Morgan fingerprint density at radius 1 is 1.18 bits per heavy atom. The van der Waals surface area contributed by atoms with Crippen LogP contribution >= 0.6 is 23.2 Å². The number of amides is 2. The Morgan fingerprint density at radius 3 is 2.42 bits per heavy atom. The summed E-state index contributed by atoms with van der Waals surface area (Å²) in [4.78, 5) is 36.0. The number of benzene rings is 2. The highest BCUT2D eigenvalue weighted by atomic mass is 35.5. The zero-order valence-electron chi connectivity index (χ0n) is 18.2. The largest absolute Gasteiger partial charge is 0.480 e. The van der Waals surface area contributed by atoms with Crippen LogP contribution in [0.15, 0.2) is 36.4 Å². The number of fused-ring (bicyclic) bond motifs is 1. The van der Waals surface area contributed by atoms with Gasteiger partial charge in [0.05, 0.1) is 10.6 Å². The lowest BCUT2D eigenvalue weighted by molar-refractivity contribution is -0.137. The average molecular weight is 490 g/mol. The fourth-order valence-corrected chi connectivity index (χ4v) is 4.36. The van der Waals surface area contributed by atoms with Crippen molar-refractivity contribution >= 4 is 57.8 Å². The molecule has 0 spiro atoms. The number of carbonyl (C=O) groups excluding carboxylic acids is 2. The van der Waals surface area contributed by atoms with E-state index in [0.717, 1.165) is 5.56 Å². The number of carbonyl (C=O) groups is 3. The minimum absolute atomic E-state index is 0.0121. The fraction of sp³-hybridized carbons (Fsp3) is 0.292. The molecule has 0 bridgehead atoms. The Kier molecular flexibility index (Phi) is 7.66. The van der Waals surface area contributed by atoms with Crippen molar-refractivity contribution in [3.05, 3.63) is 63.1 Å². The van der Waals surface area contributed by atoms with Crippen molar-refractivity contribution in [3.63, 3.8) is 0 Å². The van der Waals surface area contributed by atoms with Crippen molar-refractivity contribution in [2.75, 3.05) is 11.9 Å². The first kappa shape index (κ1) is 24.6. The maximum Gasteiger partial charge on any atom is 0.326 e. The van der Waals surface area contributed by atoms with E-state index in [1.807, 2.05) is 26.0 Å². The molecule has 2 aromatic carbocycles. The van der Waals surface area contributed by atoms with Gasteiger partial charge >= 0.3 is 5.97 Å². The molecule has 0 aromatic heterocycles. The molecule has 1 unspecified atom stereocenters. The number of primary amides is 1. The highest BCUT2D eigenvalue weighted by Crippen LogP contribution is 2.43. The maximum atomic E-state index is 12.5. The van der Waals surface area contributed by atoms with Crippen LogP contribution < -0.4 is 16.4 Å². The molecule has 0 saturated carbocycles. The van der Waals surface area contributed by atoms with Gasteiger partial charge in [0.15, 0.2) is 0 Å². The lowest BCUT2D eigenvalue weighted by atomic mass is 9.85. The molecule has 33 heavy (non-hydrogen) atoms. The second-order valence-corrected chi connectivity index (χ2v) is 9.00. The molecule has 0 fully saturated rings. The van der Waals surface area contributed by atoms with Crippen LogP contribution in [0, 0.1) is 5.92 Å². The molecule has 0 aliphatic carbocycles. The molecule has 2 amide bonds. The Bertz CT molecular complexity index is 1130. The Hall–Kier alpha value is -3.03. The number of halogens is 2. The molecule has 2 aromatic rings. The molecule has 7 nitrogen and oxygen atoms in total. The molecule has 174 valence electrons. The van der Waals surface area contributed by atoms with E-state index in [-0.39, 0.29) is 23.8 Å². The number of aliphatic carboxylic acids is 1. The Labute approximate surface area is 201 Å². The predicted octanol–water partition coefficient (Wildman–Crippen LogP) is 3.97. The Morgan fingerprint density at radius 2 is 1.85 bits per heavy atom. The Balaban J connectivity index is 1.99. The zero-order valence-corrected chi connectivity index (χ0v) is 19.8. The molecule has 1 aliphatic heterocycles. The standard InChI is InChI=1S/C24H25Cl2N3O4/c1-12(2)23(31)28-8-7-13-3-5-14(6-4-13)20(22(27)30)16-11-19(24(32)33)29-18-10-15(25)9-17(26)21(16)18/h3-6,9-10,12,19,29H,7-8,11H2,1-2H3,(H2,27,30)(H,28,31)(H,32,33)/b20-16+. The summed E-state index contributed by atoms with van der Waals surface area (Å²) in [6.45, 7) is 4.16. The van der Waals surface area contributed by atoms with Crippen molar-refractivity contribution in [2.24, 2.45) is 11.7 Å². The van der Waals surface area contributed by atoms with Crippen molar-refractivity contribution in [1.82, 2.24) is 5.32 Å². The second kappa shape index (κ2) is 10.3. The number of carboxylic acids is 1. The average Bonchev–Trinajstić information content (AvgIpc) is 2.73. The number of rotatable bonds is 7. The number of carboxylic acid groups (broad SMARTS) is 1. The normalized spacial score (nSPS) is 16.6. The van der Waals surface area contributed by atoms with Crippen LogP contribution in [-0.4, -0.2) is 35.5 Å². The van der Waals surface area contributed by atoms with Gasteiger partial charge in [0.25, 0.3) is 0 Å². The molecular formula is C24H25Cl2N3O4. The monoisotopic (exact) mass is 489 g/mol. The van der Waals surface area contributed by atoms with Crippen molar-refractivity contribution in [3.8, 4) is 0 Å². The molecule has 0 radical (unpaired) electrons. The van der Waals surface area contributed by atoms with Crippen LogP contribution in [-0.2, 0) is 20.8 Å². The maximum absolute atomic E-state index is 12.5. The quantitative estimate of drug-likeness (QED) is 0.438. The van der Waals surface area contributed by atoms with Crippen LogP contribution in [0.4, 0.5) is 5.69 Å². The van der Waals surface area contributed by atoms with E-state index < -0.39 is 17.9 Å². The van der Waals surface area contributed by atoms with Crippen LogP contribution in [0.25, 0.3) is 11.1 Å². The van der Waals surface area contributed by atoms with Crippen LogP contribution in [0.2, 0.25) is 10.0 Å². The van der Waals surface area contributed by atoms with E-state index in [9.17, 15) is 19.5 Å². The number of nitrogens with two attached hydrogens (primary N) is 1. The summed E-state index contributed by atoms with van der Waals surface area (Å²) in [6.07, 6.45) is 0.643. The molecule has 1 aliphatic rings. The summed E-state index contributed by atoms with van der Waals surface area (Å²) in [7, 11) is 0. The van der Waals surface area contributed by atoms with Gasteiger partial charge in [-0.15, -0.1) is 0 Å². The summed E-state index contributed by atoms with van der Waals surface area (Å²) >= 11 is 12.5. The summed E-state index contributed by atoms with van der Waals surface area (Å²) in [6, 6.07) is 9.35. The molecule has 9 heteroatoms. The third-order valence-electron chi connectivity index (χ3n) is 5.42. The summed E-state index contributed by atoms with van der Waals surface area (Å²) in [5.74, 6) is -1.86. The molecule has 3 rings (SSSR count). The van der Waals surface area contributed by atoms with Crippen LogP contribution in [0.5, 0.6) is 0 Å². The van der Waals surface area contributed by atoms with Crippen molar-refractivity contribution in [1.29, 1.82) is 0 Å². The second-order valence-electron chi connectivity index (χ2n) is 8.16. The molecule has 1 heterocycles. The van der Waals surface area contributed by atoms with E-state index in [0.29, 0.717) is 45.4 Å². The summed E-state index contributed by atoms with van der Waals surface area (Å²) in [5.41, 5.74) is 8.86. The first-order chi connectivity index (χ1) is 15.6. The van der Waals surface area contributed by atoms with Gasteiger partial charge < -0.3 is 21.5 Å². The van der Waals surface area contributed by atoms with Crippen molar-refractivity contribution < 1.29 is 19.5 Å². The number of hydrogen-bond donors (Lipinski definition) is 4. The van der Waals surface area contributed by atoms with E-state index in [1.54, 1.807) is 18.2 Å². The third kappa shape index (κ3) is 5.67. The summed E-state index contributed by atoms with van der Waals surface area (Å²) in [5, 5.41) is 16.0. The summed E-state index contributed by atoms with van der Waals surface area (Å²) < 4.78 is 0. The smallest absolute Gasteiger partial charge is 0.326 e. The highest BCUT2D eigenvalue weighted by molar-refractivity contribution is 6.38. The van der Waals surface area contributed by atoms with E-state index in [1.165, 1.54) is 6.07 Å². The van der Waals surface area contributed by atoms with Gasteiger partial charge in [-0.2, -0.15) is 0 Å². The minimum Gasteiger partial charge on any atom is -0.480 e. The van der Waals surface area contributed by atoms with Crippen LogP contribution in [0.3, 0.4) is 0 Å². The van der Waals surface area contributed by atoms with E-state index >= 15 is 0 Å². The lowest BCUT2D eigenvalue weighted by Gasteiger charge is -2.29. The predicted molar refractivity (Wildman–Crippen MR) is 130 cm³/mol. The van der Waals surface area contributed by atoms with E-state index in [4.69, 9.17) is 28.9 Å². The van der Waals surface area contributed by atoms with Gasteiger partial charge in [0, 0.05) is 35.2 Å². The fourth-order valence-electron chi connectivity index (χ4n) is 3.75. The van der Waals surface area contributed by atoms with Gasteiger partial charge in [-0.1, -0.05) is 61.3 Å². The van der Waals surface area contributed by atoms with Gasteiger partial charge in [-0.3, -0.25) is 9.59 Å². The minimum atomic E-state index is -1.07. The van der Waals surface area contributed by atoms with Crippen molar-refractivity contribution in [2.45, 2.75) is 32.7 Å². The first-order valence-electron chi connectivity index (χ1n) is 10.5. The number of anilines is 1. The van der Waals surface area contributed by atoms with E-state index in [2.05, 4.69) is 10.6 Å². The molecule has 1 atom stereocenters. The van der Waals surface area contributed by atoms with Gasteiger partial charge in [-0.05, 0) is 35.3 Å². The zero-order chi connectivity index (χ0) is 24.3. The lowest BCUT2D eigenvalue weighted by Crippen LogP contribution is -2.33. The van der Waals surface area contributed by atoms with Gasteiger partial charge in [-0.25, -0.2) is 4.79 Å². The van der Waals surface area contributed by atoms with Gasteiger partial charge in [0.2, 0.25) is 11.8 Å². The first-order valence-corrected chi connectivity index (χ1v) is 11.2. The number of hydrogen-bond acceptors (Lipinski definition) is 4. The van der Waals surface area contributed by atoms with Crippen LogP contribution in [0.1, 0.15) is 37.0 Å².